The molecule has 0 aromatic heterocycles. The van der Waals surface area contributed by atoms with Crippen LogP contribution in [0.4, 0.5) is 0 Å². The zero-order valence-electron chi connectivity index (χ0n) is 17.0. The fourth-order valence-corrected chi connectivity index (χ4v) is 4.71. The first-order valence-corrected chi connectivity index (χ1v) is 10.0. The van der Waals surface area contributed by atoms with Gasteiger partial charge in [0.1, 0.15) is 0 Å². The maximum absolute atomic E-state index is 12.8. The topological polar surface area (TPSA) is 68.2 Å². The number of hydrazone groups is 1. The number of rotatable bonds is 7. The molecule has 1 aromatic carbocycles. The molecule has 2 fully saturated rings. The zero-order chi connectivity index (χ0) is 20.7. The number of methoxy groups -OCH3 is 1. The van der Waals surface area contributed by atoms with E-state index in [9.17, 15) is 9.59 Å². The summed E-state index contributed by atoms with van der Waals surface area (Å²) in [5, 5.41) is 5.32. The van der Waals surface area contributed by atoms with Crippen LogP contribution in [0, 0.1) is 23.7 Å². The summed E-state index contributed by atoms with van der Waals surface area (Å²) in [4.78, 5) is 25.6. The highest BCUT2D eigenvalue weighted by molar-refractivity contribution is 6.06. The molecule has 2 aliphatic carbocycles. The summed E-state index contributed by atoms with van der Waals surface area (Å²) < 4.78 is 11.4. The maximum Gasteiger partial charge on any atom is 0.254 e. The van der Waals surface area contributed by atoms with Gasteiger partial charge in [-0.25, -0.2) is 0 Å². The fourth-order valence-electron chi connectivity index (χ4n) is 4.71. The number of nitrogens with zero attached hydrogens (tertiary/aromatic N) is 2. The first-order valence-electron chi connectivity index (χ1n) is 10.0. The lowest BCUT2D eigenvalue weighted by molar-refractivity contribution is -0.140. The number of carbonyl (C=O) groups excluding carboxylic acids is 2. The van der Waals surface area contributed by atoms with Gasteiger partial charge in [-0.3, -0.25) is 9.59 Å². The average molecular weight is 394 g/mol. The molecule has 4 atom stereocenters. The van der Waals surface area contributed by atoms with Crippen LogP contribution in [0.3, 0.4) is 0 Å². The van der Waals surface area contributed by atoms with Gasteiger partial charge in [0.15, 0.2) is 11.5 Å². The number of ether oxygens (including phenoxy) is 2. The monoisotopic (exact) mass is 394 g/mol. The third kappa shape index (κ3) is 3.26. The van der Waals surface area contributed by atoms with Crippen molar-refractivity contribution in [2.24, 2.45) is 28.8 Å². The minimum atomic E-state index is -0.248. The smallest absolute Gasteiger partial charge is 0.254 e. The molecule has 6 heteroatoms. The van der Waals surface area contributed by atoms with Crippen molar-refractivity contribution in [2.45, 2.75) is 32.8 Å². The van der Waals surface area contributed by atoms with Crippen molar-refractivity contribution >= 4 is 18.0 Å². The van der Waals surface area contributed by atoms with Crippen molar-refractivity contribution in [1.82, 2.24) is 5.01 Å². The summed E-state index contributed by atoms with van der Waals surface area (Å²) in [5.41, 5.74) is 1.64. The van der Waals surface area contributed by atoms with Gasteiger partial charge >= 0.3 is 0 Å². The molecule has 4 rings (SSSR count). The van der Waals surface area contributed by atoms with E-state index >= 15 is 0 Å². The van der Waals surface area contributed by atoms with Gasteiger partial charge in [-0.1, -0.05) is 18.2 Å². The van der Waals surface area contributed by atoms with E-state index in [-0.39, 0.29) is 41.6 Å². The summed E-state index contributed by atoms with van der Waals surface area (Å²) in [5.74, 6) is 0.728. The lowest BCUT2D eigenvalue weighted by Gasteiger charge is -2.18. The molecular weight excluding hydrogens is 368 g/mol. The molecular formula is C23H26N2O4. The van der Waals surface area contributed by atoms with Crippen molar-refractivity contribution in [2.75, 3.05) is 7.11 Å². The van der Waals surface area contributed by atoms with Crippen molar-refractivity contribution in [1.29, 1.82) is 0 Å². The van der Waals surface area contributed by atoms with Gasteiger partial charge in [0.2, 0.25) is 0 Å². The lowest BCUT2D eigenvalue weighted by Crippen LogP contribution is -2.28. The van der Waals surface area contributed by atoms with Crippen LogP contribution in [0.15, 0.2) is 42.0 Å². The average Bonchev–Trinajstić information content (AvgIpc) is 3.36. The molecule has 1 heterocycles. The normalized spacial score (nSPS) is 27.4. The molecule has 2 amide bonds. The Hall–Kier alpha value is -2.89. The van der Waals surface area contributed by atoms with Gasteiger partial charge in [-0.15, -0.1) is 6.58 Å². The highest BCUT2D eigenvalue weighted by Crippen LogP contribution is 2.52. The number of allylic oxidation sites excluding steroid dienone is 3. The number of imide groups is 1. The number of amides is 2. The van der Waals surface area contributed by atoms with Gasteiger partial charge in [0.05, 0.1) is 31.3 Å². The summed E-state index contributed by atoms with van der Waals surface area (Å²) in [6.45, 7) is 7.72. The molecule has 6 nitrogen and oxygen atoms in total. The largest absolute Gasteiger partial charge is 0.493 e. The highest BCUT2D eigenvalue weighted by Gasteiger charge is 2.59. The zero-order valence-corrected chi connectivity index (χ0v) is 17.0. The van der Waals surface area contributed by atoms with Gasteiger partial charge < -0.3 is 9.47 Å². The van der Waals surface area contributed by atoms with E-state index in [0.717, 1.165) is 22.6 Å². The fraction of sp³-hybridized carbons (Fsp3) is 0.435. The third-order valence-electron chi connectivity index (χ3n) is 5.86. The molecule has 3 aliphatic rings. The lowest BCUT2D eigenvalue weighted by atomic mass is 9.85. The van der Waals surface area contributed by atoms with Gasteiger partial charge in [-0.2, -0.15) is 10.1 Å². The van der Waals surface area contributed by atoms with E-state index in [1.165, 1.54) is 0 Å². The Balaban J connectivity index is 1.61. The molecule has 1 saturated heterocycles. The van der Waals surface area contributed by atoms with Crippen molar-refractivity contribution in [3.05, 3.63) is 48.1 Å². The van der Waals surface area contributed by atoms with E-state index < -0.39 is 0 Å². The molecule has 152 valence electrons. The maximum atomic E-state index is 12.8. The molecule has 0 spiro atoms. The standard InChI is InChI=1S/C23H26N2O4/c1-5-6-17-9-14(10-18(28-4)21(17)29-13(2)3)12-24-25-22(26)19-15-7-8-16(11-15)20(19)23(25)27/h5,7-10,12-13,15-16,19-20H,1,6,11H2,2-4H3. The second-order valence-electron chi connectivity index (χ2n) is 8.10. The van der Waals surface area contributed by atoms with Crippen LogP contribution >= 0.6 is 0 Å². The van der Waals surface area contributed by atoms with Gasteiger partial charge in [-0.05, 0) is 56.2 Å². The minimum absolute atomic E-state index is 0.00443. The Labute approximate surface area is 170 Å². The molecule has 0 radical (unpaired) electrons. The Bertz CT molecular complexity index is 888. The summed E-state index contributed by atoms with van der Waals surface area (Å²) in [6.07, 6.45) is 8.98. The van der Waals surface area contributed by atoms with Crippen molar-refractivity contribution in [3.8, 4) is 11.5 Å². The van der Waals surface area contributed by atoms with Crippen LogP contribution in [-0.4, -0.2) is 36.3 Å². The van der Waals surface area contributed by atoms with Crippen LogP contribution in [0.5, 0.6) is 11.5 Å². The number of hydrogen-bond acceptors (Lipinski definition) is 5. The van der Waals surface area contributed by atoms with Crippen LogP contribution < -0.4 is 9.47 Å². The molecule has 1 saturated carbocycles. The van der Waals surface area contributed by atoms with Crippen LogP contribution in [0.25, 0.3) is 0 Å². The predicted octanol–water partition coefficient (Wildman–Crippen LogP) is 3.35. The molecule has 1 aromatic rings. The number of carbonyl (C=O) groups is 2. The number of fused-ring (bicyclic) bond motifs is 5. The minimum Gasteiger partial charge on any atom is -0.493 e. The molecule has 1 aliphatic heterocycles. The van der Waals surface area contributed by atoms with E-state index in [4.69, 9.17) is 9.47 Å². The summed E-state index contributed by atoms with van der Waals surface area (Å²) >= 11 is 0. The summed E-state index contributed by atoms with van der Waals surface area (Å²) in [6, 6.07) is 3.72. The van der Waals surface area contributed by atoms with Crippen LogP contribution in [0.1, 0.15) is 31.4 Å². The number of hydrogen-bond donors (Lipinski definition) is 0. The Kier molecular flexibility index (Phi) is 5.03. The Morgan fingerprint density at radius 3 is 2.41 bits per heavy atom. The second-order valence-corrected chi connectivity index (χ2v) is 8.10. The van der Waals surface area contributed by atoms with E-state index in [1.807, 2.05) is 19.9 Å². The highest BCUT2D eigenvalue weighted by atomic mass is 16.5. The molecule has 2 bridgehead atoms. The van der Waals surface area contributed by atoms with E-state index in [0.29, 0.717) is 17.9 Å². The van der Waals surface area contributed by atoms with Crippen LogP contribution in [0.2, 0.25) is 0 Å². The first-order chi connectivity index (χ1) is 13.9. The molecule has 0 N–H and O–H groups in total. The van der Waals surface area contributed by atoms with Crippen molar-refractivity contribution < 1.29 is 19.1 Å². The Morgan fingerprint density at radius 2 is 1.86 bits per heavy atom. The van der Waals surface area contributed by atoms with Gasteiger partial charge in [0, 0.05) is 5.56 Å². The third-order valence-corrected chi connectivity index (χ3v) is 5.86. The summed E-state index contributed by atoms with van der Waals surface area (Å²) in [7, 11) is 1.58. The van der Waals surface area contributed by atoms with Gasteiger partial charge in [0.25, 0.3) is 11.8 Å². The first kappa shape index (κ1) is 19.4. The number of benzene rings is 1. The quantitative estimate of drug-likeness (QED) is 0.404. The van der Waals surface area contributed by atoms with E-state index in [1.54, 1.807) is 25.5 Å². The second kappa shape index (κ2) is 7.50. The molecule has 4 unspecified atom stereocenters. The van der Waals surface area contributed by atoms with Crippen LogP contribution in [-0.2, 0) is 16.0 Å². The SMILES string of the molecule is C=CCc1cc(C=NN2C(=O)C3C4C=CC(C4)C3C2=O)cc(OC)c1OC(C)C. The van der Waals surface area contributed by atoms with E-state index in [2.05, 4.69) is 23.8 Å². The van der Waals surface area contributed by atoms with Crippen molar-refractivity contribution in [3.63, 3.8) is 0 Å². The Morgan fingerprint density at radius 1 is 1.21 bits per heavy atom. The molecule has 29 heavy (non-hydrogen) atoms. The predicted molar refractivity (Wildman–Crippen MR) is 110 cm³/mol.